The van der Waals surface area contributed by atoms with Gasteiger partial charge >= 0.3 is 11.9 Å². The molecule has 2 bridgehead atoms. The van der Waals surface area contributed by atoms with Crippen molar-refractivity contribution >= 4 is 57.7 Å². The molecule has 2 aromatic carbocycles. The number of aromatic nitrogens is 8. The van der Waals surface area contributed by atoms with Crippen LogP contribution in [0.4, 0.5) is 11.9 Å². The third-order valence-corrected chi connectivity index (χ3v) is 13.3. The third-order valence-electron chi connectivity index (χ3n) is 13.3. The van der Waals surface area contributed by atoms with Gasteiger partial charge in [0.05, 0.1) is 72.0 Å². The van der Waals surface area contributed by atoms with E-state index in [0.717, 1.165) is 12.8 Å². The summed E-state index contributed by atoms with van der Waals surface area (Å²) < 4.78 is 32.1. The fourth-order valence-electron chi connectivity index (χ4n) is 9.73. The molecule has 9 rings (SSSR count). The molecule has 2 amide bonds. The molecule has 3 aliphatic rings. The molecule has 3 unspecified atom stereocenters. The van der Waals surface area contributed by atoms with Gasteiger partial charge in [-0.05, 0) is 90.8 Å². The van der Waals surface area contributed by atoms with Crippen molar-refractivity contribution in [3.05, 3.63) is 82.5 Å². The quantitative estimate of drug-likeness (QED) is 0.0987. The van der Waals surface area contributed by atoms with E-state index in [1.54, 1.807) is 45.1 Å². The van der Waals surface area contributed by atoms with Gasteiger partial charge < -0.3 is 33.2 Å². The zero-order chi connectivity index (χ0) is 48.0. The van der Waals surface area contributed by atoms with Gasteiger partial charge in [-0.25, -0.2) is 19.6 Å². The highest BCUT2D eigenvalue weighted by atomic mass is 16.5. The first-order valence-electron chi connectivity index (χ1n) is 23.2. The lowest BCUT2D eigenvalue weighted by atomic mass is 9.82. The molecule has 0 aliphatic carbocycles. The van der Waals surface area contributed by atoms with Gasteiger partial charge in [0, 0.05) is 44.3 Å². The Labute approximate surface area is 392 Å². The van der Waals surface area contributed by atoms with Crippen molar-refractivity contribution < 1.29 is 43.2 Å². The first kappa shape index (κ1) is 46.1. The van der Waals surface area contributed by atoms with Crippen LogP contribution in [0.25, 0.3) is 22.1 Å². The molecule has 6 aromatic rings. The largest absolute Gasteiger partial charge is 0.491 e. The van der Waals surface area contributed by atoms with Crippen LogP contribution in [0.2, 0.25) is 0 Å². The molecule has 2 saturated heterocycles. The minimum absolute atomic E-state index is 0.0443. The van der Waals surface area contributed by atoms with Crippen molar-refractivity contribution in [1.29, 1.82) is 0 Å². The molecule has 0 spiro atoms. The summed E-state index contributed by atoms with van der Waals surface area (Å²) >= 11 is 0. The number of allylic oxidation sites excluding steroid dienone is 2. The number of rotatable bonds is 11. The Morgan fingerprint density at radius 1 is 0.765 bits per heavy atom. The predicted octanol–water partition coefficient (Wildman–Crippen LogP) is 6.10. The Morgan fingerprint density at radius 2 is 1.25 bits per heavy atom. The molecular formula is C48H57N11O9. The molecule has 3 aliphatic heterocycles. The van der Waals surface area contributed by atoms with Crippen molar-refractivity contribution in [3.8, 4) is 11.5 Å². The fraction of sp³-hybridized carbons (Fsp3) is 0.458. The molecule has 3 N–H and O–H groups in total. The SMILES string of the molecule is CCOC(=O)c1cc2c3c(c1)nc(NC(=O)c1cc(C)nn1CC)n3C/C=C/Cn1c(NC(=O)c3cc(C)nn3CC)nc3cc(C(=O)O)cc(c31)OC[C@](C)(C(C)N1C3CCC1COC3)CO2. The molecule has 2 fully saturated rings. The minimum atomic E-state index is -1.17. The van der Waals surface area contributed by atoms with Gasteiger partial charge in [0.1, 0.15) is 33.9 Å². The standard InChI is InChI=1S/C48H57N11O9/c1-8-57-36(17-27(4)53-57)42(60)51-46-49-34-19-30(44(62)63)21-38-40(34)55(46)15-11-12-16-56-41-35(50-47(56)52-43(61)37-18-28(5)54-58(37)9-2)20-31(45(64)66-10-3)22-39(41)68-26-48(7,25-67-38)29(6)59-32-13-14-33(59)24-65-23-32/h11-12,17-22,29,32-33H,8-10,13-16,23-26H2,1-7H3,(H,62,63)(H,49,51,60)(H,50,52,61)/b12-11+/t29?,32?,33?,48-/m0/s1. The van der Waals surface area contributed by atoms with Crippen molar-refractivity contribution in [2.45, 2.75) is 106 Å². The van der Waals surface area contributed by atoms with E-state index >= 15 is 0 Å². The van der Waals surface area contributed by atoms with Crippen LogP contribution < -0.4 is 20.1 Å². The Kier molecular flexibility index (Phi) is 12.6. The number of anilines is 2. The number of hydrogen-bond acceptors (Lipinski definition) is 13. The van der Waals surface area contributed by atoms with E-state index in [9.17, 15) is 24.3 Å². The van der Waals surface area contributed by atoms with Gasteiger partial charge in [0.15, 0.2) is 0 Å². The van der Waals surface area contributed by atoms with E-state index in [1.807, 2.05) is 44.4 Å². The van der Waals surface area contributed by atoms with E-state index in [-0.39, 0.29) is 79.8 Å². The average molecular weight is 932 g/mol. The maximum absolute atomic E-state index is 14.0. The van der Waals surface area contributed by atoms with E-state index in [2.05, 4.69) is 39.6 Å². The first-order chi connectivity index (χ1) is 32.7. The molecule has 4 atom stereocenters. The summed E-state index contributed by atoms with van der Waals surface area (Å²) in [6, 6.07) is 9.80. The number of morpholine rings is 1. The molecule has 68 heavy (non-hydrogen) atoms. The van der Waals surface area contributed by atoms with Crippen molar-refractivity contribution in [3.63, 3.8) is 0 Å². The molecule has 7 heterocycles. The molecule has 20 heteroatoms. The highest BCUT2D eigenvalue weighted by Crippen LogP contribution is 2.41. The number of nitrogens with zero attached hydrogens (tertiary/aromatic N) is 9. The number of aryl methyl sites for hydroxylation is 4. The van der Waals surface area contributed by atoms with Gasteiger partial charge in [-0.1, -0.05) is 19.1 Å². The average Bonchev–Trinajstić information content (AvgIpc) is 4.12. The van der Waals surface area contributed by atoms with Crippen LogP contribution in [0.3, 0.4) is 0 Å². The lowest BCUT2D eigenvalue weighted by Gasteiger charge is -2.46. The topological polar surface area (TPSA) is 224 Å². The number of carboxylic acid groups (broad SMARTS) is 1. The number of fused-ring (bicyclic) bond motifs is 2. The molecule has 0 radical (unpaired) electrons. The second-order valence-electron chi connectivity index (χ2n) is 17.9. The number of hydrogen-bond donors (Lipinski definition) is 3. The number of nitrogens with one attached hydrogen (secondary N) is 2. The first-order valence-corrected chi connectivity index (χ1v) is 23.2. The number of carboxylic acids is 1. The number of ether oxygens (including phenoxy) is 4. The van der Waals surface area contributed by atoms with Crippen LogP contribution in [0.1, 0.15) is 101 Å². The molecule has 20 nitrogen and oxygen atoms in total. The third kappa shape index (κ3) is 8.57. The summed E-state index contributed by atoms with van der Waals surface area (Å²) in [6.45, 7) is 16.1. The second kappa shape index (κ2) is 18.6. The highest BCUT2D eigenvalue weighted by Gasteiger charge is 2.47. The van der Waals surface area contributed by atoms with Crippen molar-refractivity contribution in [1.82, 2.24) is 43.6 Å². The van der Waals surface area contributed by atoms with Gasteiger partial charge in [0.2, 0.25) is 11.9 Å². The summed E-state index contributed by atoms with van der Waals surface area (Å²) in [5.41, 5.74) is 3.07. The number of carbonyl (C=O) groups is 4. The van der Waals surface area contributed by atoms with Crippen LogP contribution in [0.5, 0.6) is 11.5 Å². The molecule has 4 aromatic heterocycles. The van der Waals surface area contributed by atoms with E-state index in [4.69, 9.17) is 28.9 Å². The molecule has 0 saturated carbocycles. The zero-order valence-corrected chi connectivity index (χ0v) is 39.4. The zero-order valence-electron chi connectivity index (χ0n) is 39.4. The summed E-state index contributed by atoms with van der Waals surface area (Å²) in [5.74, 6) is -1.67. The number of benzene rings is 2. The number of imidazole rings is 2. The van der Waals surface area contributed by atoms with Gasteiger partial charge in [0.25, 0.3) is 11.8 Å². The number of esters is 1. The van der Waals surface area contributed by atoms with Crippen LogP contribution in [0.15, 0.2) is 48.6 Å². The summed E-state index contributed by atoms with van der Waals surface area (Å²) in [6.07, 6.45) is 5.69. The Balaban J connectivity index is 1.21. The summed E-state index contributed by atoms with van der Waals surface area (Å²) in [7, 11) is 0. The lowest BCUT2D eigenvalue weighted by Crippen LogP contribution is -2.58. The number of amides is 2. The van der Waals surface area contributed by atoms with Gasteiger partial charge in [-0.2, -0.15) is 10.2 Å². The Bertz CT molecular complexity index is 2970. The van der Waals surface area contributed by atoms with E-state index in [1.165, 1.54) is 12.1 Å². The van der Waals surface area contributed by atoms with Gasteiger partial charge in [-0.3, -0.25) is 34.5 Å². The number of carbonyl (C=O) groups excluding carboxylic acids is 3. The van der Waals surface area contributed by atoms with Crippen LogP contribution in [-0.2, 0) is 35.7 Å². The molecular weight excluding hydrogens is 875 g/mol. The van der Waals surface area contributed by atoms with Crippen LogP contribution in [-0.4, -0.2) is 124 Å². The monoisotopic (exact) mass is 931 g/mol. The fourth-order valence-corrected chi connectivity index (χ4v) is 9.73. The van der Waals surface area contributed by atoms with Crippen LogP contribution in [0, 0.1) is 19.3 Å². The lowest BCUT2D eigenvalue weighted by molar-refractivity contribution is -0.0778. The maximum Gasteiger partial charge on any atom is 0.338 e. The van der Waals surface area contributed by atoms with Crippen molar-refractivity contribution in [2.75, 3.05) is 43.7 Å². The number of aromatic carboxylic acids is 1. The van der Waals surface area contributed by atoms with Crippen molar-refractivity contribution in [2.24, 2.45) is 5.41 Å². The van der Waals surface area contributed by atoms with E-state index in [0.29, 0.717) is 76.9 Å². The van der Waals surface area contributed by atoms with E-state index < -0.39 is 29.2 Å². The van der Waals surface area contributed by atoms with Crippen LogP contribution >= 0.6 is 0 Å². The van der Waals surface area contributed by atoms with Gasteiger partial charge in [-0.15, -0.1) is 0 Å². The second-order valence-corrected chi connectivity index (χ2v) is 17.9. The summed E-state index contributed by atoms with van der Waals surface area (Å²) in [4.78, 5) is 66.4. The Morgan fingerprint density at radius 3 is 1.72 bits per heavy atom. The molecule has 358 valence electrons. The normalized spacial score (nSPS) is 20.5. The minimum Gasteiger partial charge on any atom is -0.491 e. The predicted molar refractivity (Wildman–Crippen MR) is 251 cm³/mol. The maximum atomic E-state index is 14.0. The Hall–Kier alpha value is -7.06. The smallest absolute Gasteiger partial charge is 0.338 e. The summed E-state index contributed by atoms with van der Waals surface area (Å²) in [5, 5.41) is 25.3. The highest BCUT2D eigenvalue weighted by molar-refractivity contribution is 6.05.